The second kappa shape index (κ2) is 6.00. The van der Waals surface area contributed by atoms with E-state index in [0.717, 1.165) is 6.07 Å². The molecule has 0 unspecified atom stereocenters. The van der Waals surface area contributed by atoms with E-state index < -0.39 is 11.7 Å². The molecule has 1 N–H and O–H groups in total. The van der Waals surface area contributed by atoms with Crippen LogP contribution in [0.3, 0.4) is 0 Å². The highest BCUT2D eigenvalue weighted by atomic mass is 35.5. The topological polar surface area (TPSA) is 59.8 Å². The minimum atomic E-state index is -0.615. The lowest BCUT2D eigenvalue weighted by Crippen LogP contribution is -2.29. The Kier molecular flexibility index (Phi) is 4.34. The number of aryl methyl sites for hydroxylation is 1. The molecule has 0 aliphatic heterocycles. The van der Waals surface area contributed by atoms with E-state index in [9.17, 15) is 9.18 Å². The third-order valence-corrected chi connectivity index (χ3v) is 3.09. The Morgan fingerprint density at radius 2 is 2.30 bits per heavy atom. The van der Waals surface area contributed by atoms with Gasteiger partial charge in [-0.1, -0.05) is 11.6 Å². The van der Waals surface area contributed by atoms with Gasteiger partial charge in [-0.2, -0.15) is 5.10 Å². The van der Waals surface area contributed by atoms with Gasteiger partial charge >= 0.3 is 0 Å². The highest BCUT2D eigenvalue weighted by Crippen LogP contribution is 2.16. The Hall–Kier alpha value is -1.95. The number of aromatic nitrogens is 3. The van der Waals surface area contributed by atoms with Crippen molar-refractivity contribution in [1.29, 1.82) is 0 Å². The Morgan fingerprint density at radius 3 is 3.00 bits per heavy atom. The van der Waals surface area contributed by atoms with Gasteiger partial charge in [0.25, 0.3) is 5.91 Å². The van der Waals surface area contributed by atoms with Crippen molar-refractivity contribution in [2.45, 2.75) is 26.4 Å². The standard InChI is InChI=1S/C13H14ClFN4O/c1-3-19-12(16-7-17-19)8(2)18-13(20)10-6-9(14)4-5-11(10)15/h4-8H,3H2,1-2H3,(H,18,20)/t8-/m1/s1. The van der Waals surface area contributed by atoms with E-state index in [-0.39, 0.29) is 11.6 Å². The van der Waals surface area contributed by atoms with Gasteiger partial charge in [-0.25, -0.2) is 14.1 Å². The van der Waals surface area contributed by atoms with E-state index >= 15 is 0 Å². The molecule has 1 atom stereocenters. The Morgan fingerprint density at radius 1 is 1.55 bits per heavy atom. The van der Waals surface area contributed by atoms with Gasteiger partial charge in [-0.05, 0) is 32.0 Å². The molecule has 1 heterocycles. The number of carbonyl (C=O) groups is 1. The van der Waals surface area contributed by atoms with Crippen LogP contribution in [0.1, 0.15) is 36.1 Å². The number of nitrogens with one attached hydrogen (secondary N) is 1. The van der Waals surface area contributed by atoms with E-state index in [1.165, 1.54) is 18.5 Å². The minimum Gasteiger partial charge on any atom is -0.342 e. The lowest BCUT2D eigenvalue weighted by molar-refractivity contribution is 0.0933. The van der Waals surface area contributed by atoms with Crippen LogP contribution in [0.5, 0.6) is 0 Å². The fraction of sp³-hybridized carbons (Fsp3) is 0.308. The van der Waals surface area contributed by atoms with Crippen LogP contribution in [0.2, 0.25) is 5.02 Å². The largest absolute Gasteiger partial charge is 0.342 e. The SMILES string of the molecule is CCn1ncnc1[C@@H](C)NC(=O)c1cc(Cl)ccc1F. The molecule has 1 amide bonds. The maximum absolute atomic E-state index is 13.6. The summed E-state index contributed by atoms with van der Waals surface area (Å²) in [5.74, 6) is -0.539. The number of rotatable bonds is 4. The third kappa shape index (κ3) is 2.96. The molecule has 0 aliphatic carbocycles. The van der Waals surface area contributed by atoms with Gasteiger partial charge in [0.1, 0.15) is 18.0 Å². The van der Waals surface area contributed by atoms with E-state index in [4.69, 9.17) is 11.6 Å². The van der Waals surface area contributed by atoms with Crippen molar-refractivity contribution in [1.82, 2.24) is 20.1 Å². The van der Waals surface area contributed by atoms with Crippen molar-refractivity contribution >= 4 is 17.5 Å². The first-order valence-corrected chi connectivity index (χ1v) is 6.54. The molecule has 0 saturated carbocycles. The van der Waals surface area contributed by atoms with E-state index in [0.29, 0.717) is 17.4 Å². The number of amides is 1. The summed E-state index contributed by atoms with van der Waals surface area (Å²) in [5, 5.41) is 7.01. The molecule has 106 valence electrons. The number of nitrogens with zero attached hydrogens (tertiary/aromatic N) is 3. The van der Waals surface area contributed by atoms with Gasteiger partial charge in [-0.3, -0.25) is 4.79 Å². The average Bonchev–Trinajstić information content (AvgIpc) is 2.89. The molecule has 0 saturated heterocycles. The molecule has 1 aromatic carbocycles. The average molecular weight is 297 g/mol. The predicted octanol–water partition coefficient (Wildman–Crippen LogP) is 2.58. The molecule has 5 nitrogen and oxygen atoms in total. The van der Waals surface area contributed by atoms with Crippen molar-refractivity contribution < 1.29 is 9.18 Å². The zero-order valence-corrected chi connectivity index (χ0v) is 11.9. The number of carbonyl (C=O) groups excluding carboxylic acids is 1. The quantitative estimate of drug-likeness (QED) is 0.943. The number of halogens is 2. The van der Waals surface area contributed by atoms with Crippen LogP contribution in [0.4, 0.5) is 4.39 Å². The lowest BCUT2D eigenvalue weighted by atomic mass is 10.2. The van der Waals surface area contributed by atoms with Gasteiger partial charge in [-0.15, -0.1) is 0 Å². The summed E-state index contributed by atoms with van der Waals surface area (Å²) < 4.78 is 15.3. The van der Waals surface area contributed by atoms with Crippen LogP contribution < -0.4 is 5.32 Å². The molecular weight excluding hydrogens is 283 g/mol. The molecular formula is C13H14ClFN4O. The van der Waals surface area contributed by atoms with Crippen LogP contribution >= 0.6 is 11.6 Å². The summed E-state index contributed by atoms with van der Waals surface area (Å²) in [6.07, 6.45) is 1.42. The molecule has 7 heteroatoms. The Balaban J connectivity index is 2.17. The van der Waals surface area contributed by atoms with Gasteiger partial charge in [0, 0.05) is 11.6 Å². The van der Waals surface area contributed by atoms with Crippen molar-refractivity contribution in [3.8, 4) is 0 Å². The van der Waals surface area contributed by atoms with Gasteiger partial charge in [0.15, 0.2) is 0 Å². The first-order chi connectivity index (χ1) is 9.52. The van der Waals surface area contributed by atoms with Crippen molar-refractivity contribution in [2.24, 2.45) is 0 Å². The van der Waals surface area contributed by atoms with Crippen molar-refractivity contribution in [2.75, 3.05) is 0 Å². The minimum absolute atomic E-state index is 0.0908. The van der Waals surface area contributed by atoms with E-state index in [1.54, 1.807) is 11.6 Å². The maximum Gasteiger partial charge on any atom is 0.254 e. The Labute approximate surface area is 120 Å². The molecule has 2 aromatic rings. The van der Waals surface area contributed by atoms with Crippen molar-refractivity contribution in [3.05, 3.63) is 46.8 Å². The van der Waals surface area contributed by atoms with Crippen LogP contribution in [-0.4, -0.2) is 20.7 Å². The van der Waals surface area contributed by atoms with E-state index in [1.807, 2.05) is 6.92 Å². The molecule has 0 bridgehead atoms. The molecule has 0 radical (unpaired) electrons. The van der Waals surface area contributed by atoms with Crippen LogP contribution in [0.15, 0.2) is 24.5 Å². The summed E-state index contributed by atoms with van der Waals surface area (Å²) in [6.45, 7) is 4.32. The van der Waals surface area contributed by atoms with Gasteiger partial charge in [0.2, 0.25) is 0 Å². The number of hydrogen-bond donors (Lipinski definition) is 1. The first kappa shape index (κ1) is 14.5. The smallest absolute Gasteiger partial charge is 0.254 e. The lowest BCUT2D eigenvalue weighted by Gasteiger charge is -2.14. The monoisotopic (exact) mass is 296 g/mol. The van der Waals surface area contributed by atoms with Gasteiger partial charge in [0.05, 0.1) is 11.6 Å². The summed E-state index contributed by atoms with van der Waals surface area (Å²) in [7, 11) is 0. The fourth-order valence-corrected chi connectivity index (χ4v) is 2.03. The molecule has 0 aliphatic rings. The van der Waals surface area contributed by atoms with Crippen LogP contribution in [0.25, 0.3) is 0 Å². The van der Waals surface area contributed by atoms with Gasteiger partial charge < -0.3 is 5.32 Å². The summed E-state index contributed by atoms with van der Waals surface area (Å²) in [5.41, 5.74) is -0.0908. The van der Waals surface area contributed by atoms with Crippen molar-refractivity contribution in [3.63, 3.8) is 0 Å². The molecule has 1 aromatic heterocycles. The second-order valence-corrected chi connectivity index (χ2v) is 4.69. The number of hydrogen-bond acceptors (Lipinski definition) is 3. The Bertz CT molecular complexity index is 629. The van der Waals surface area contributed by atoms with E-state index in [2.05, 4.69) is 15.4 Å². The molecule has 0 spiro atoms. The fourth-order valence-electron chi connectivity index (χ4n) is 1.86. The zero-order valence-electron chi connectivity index (χ0n) is 11.1. The highest BCUT2D eigenvalue weighted by Gasteiger charge is 2.18. The van der Waals surface area contributed by atoms with Crippen LogP contribution in [-0.2, 0) is 6.54 Å². The maximum atomic E-state index is 13.6. The molecule has 20 heavy (non-hydrogen) atoms. The number of benzene rings is 1. The molecule has 0 fully saturated rings. The third-order valence-electron chi connectivity index (χ3n) is 2.85. The summed E-state index contributed by atoms with van der Waals surface area (Å²) in [4.78, 5) is 16.1. The second-order valence-electron chi connectivity index (χ2n) is 4.25. The zero-order chi connectivity index (χ0) is 14.7. The predicted molar refractivity (Wildman–Crippen MR) is 73.0 cm³/mol. The van der Waals surface area contributed by atoms with Crippen LogP contribution in [0, 0.1) is 5.82 Å². The first-order valence-electron chi connectivity index (χ1n) is 6.16. The normalized spacial score (nSPS) is 12.2. The summed E-state index contributed by atoms with van der Waals surface area (Å²) >= 11 is 5.77. The highest BCUT2D eigenvalue weighted by molar-refractivity contribution is 6.31. The summed E-state index contributed by atoms with van der Waals surface area (Å²) in [6, 6.07) is 3.47. The molecule has 2 rings (SSSR count).